The molecule has 0 bridgehead atoms. The fraction of sp³-hybridized carbons (Fsp3) is 0.462. The zero-order chi connectivity index (χ0) is 16.4. The number of hydrogen-bond donors (Lipinski definition) is 3. The van der Waals surface area contributed by atoms with Gasteiger partial charge in [-0.2, -0.15) is 8.78 Å². The van der Waals surface area contributed by atoms with Crippen LogP contribution < -0.4 is 4.72 Å². The van der Waals surface area contributed by atoms with Crippen LogP contribution in [-0.2, 0) is 15.8 Å². The lowest BCUT2D eigenvalue weighted by molar-refractivity contribution is -0.168. The van der Waals surface area contributed by atoms with E-state index < -0.39 is 33.7 Å². The minimum atomic E-state index is -4.15. The van der Waals surface area contributed by atoms with E-state index >= 15 is 0 Å². The predicted molar refractivity (Wildman–Crippen MR) is 74.5 cm³/mol. The predicted octanol–water partition coefficient (Wildman–Crippen LogP) is 2.20. The molecular weight excluding hydrogens is 304 g/mol. The Bertz CT molecular complexity index is 540. The number of benzene rings is 1. The minimum absolute atomic E-state index is 0.0854. The van der Waals surface area contributed by atoms with Crippen molar-refractivity contribution in [3.8, 4) is 5.75 Å². The van der Waals surface area contributed by atoms with Crippen LogP contribution in [0.2, 0.25) is 0 Å². The van der Waals surface area contributed by atoms with Gasteiger partial charge in [0.15, 0.2) is 0 Å². The Labute approximate surface area is 123 Å². The molecule has 0 radical (unpaired) electrons. The van der Waals surface area contributed by atoms with Gasteiger partial charge in [-0.05, 0) is 38.5 Å². The van der Waals surface area contributed by atoms with E-state index in [1.165, 1.54) is 0 Å². The molecule has 1 aromatic carbocycles. The summed E-state index contributed by atoms with van der Waals surface area (Å²) in [6.07, 6.45) is 0. The first kappa shape index (κ1) is 17.5. The number of phenols is 1. The first-order valence-corrected chi connectivity index (χ1v) is 7.19. The van der Waals surface area contributed by atoms with Gasteiger partial charge in [0, 0.05) is 0 Å². The van der Waals surface area contributed by atoms with Crippen molar-refractivity contribution >= 4 is 17.0 Å². The summed E-state index contributed by atoms with van der Waals surface area (Å²) in [4.78, 5) is 10.8. The molecule has 3 N–H and O–H groups in total. The van der Waals surface area contributed by atoms with Crippen molar-refractivity contribution in [1.29, 1.82) is 0 Å². The number of rotatable bonds is 5. The Kier molecular flexibility index (Phi) is 5.06. The SMILES string of the molecule is CC(C)(C)S(=O)N[C@H](c1ccc(O)cc1)C(F)(F)C(=O)O. The number of carboxylic acid groups (broad SMARTS) is 1. The maximum atomic E-state index is 13.9. The first-order chi connectivity index (χ1) is 9.46. The largest absolute Gasteiger partial charge is 0.508 e. The van der Waals surface area contributed by atoms with E-state index in [4.69, 9.17) is 5.11 Å². The molecule has 2 atom stereocenters. The van der Waals surface area contributed by atoms with Crippen molar-refractivity contribution in [2.24, 2.45) is 0 Å². The van der Waals surface area contributed by atoms with E-state index in [0.29, 0.717) is 0 Å². The topological polar surface area (TPSA) is 86.6 Å². The summed E-state index contributed by atoms with van der Waals surface area (Å²) >= 11 is 0. The minimum Gasteiger partial charge on any atom is -0.508 e. The Morgan fingerprint density at radius 2 is 1.71 bits per heavy atom. The van der Waals surface area contributed by atoms with Crippen LogP contribution in [0.25, 0.3) is 0 Å². The van der Waals surface area contributed by atoms with Crippen molar-refractivity contribution in [1.82, 2.24) is 4.72 Å². The maximum absolute atomic E-state index is 13.9. The highest BCUT2D eigenvalue weighted by atomic mass is 32.2. The molecule has 0 aliphatic rings. The highest BCUT2D eigenvalue weighted by Gasteiger charge is 2.49. The Balaban J connectivity index is 3.21. The van der Waals surface area contributed by atoms with E-state index in [2.05, 4.69) is 4.72 Å². The number of hydrogen-bond acceptors (Lipinski definition) is 3. The number of halogens is 2. The molecule has 0 amide bonds. The first-order valence-electron chi connectivity index (χ1n) is 6.04. The molecule has 21 heavy (non-hydrogen) atoms. The fourth-order valence-corrected chi connectivity index (χ4v) is 2.28. The second kappa shape index (κ2) is 6.07. The average molecular weight is 321 g/mol. The molecule has 0 aromatic heterocycles. The van der Waals surface area contributed by atoms with Gasteiger partial charge in [-0.1, -0.05) is 12.1 Å². The molecule has 1 aromatic rings. The van der Waals surface area contributed by atoms with Gasteiger partial charge in [0.25, 0.3) is 0 Å². The van der Waals surface area contributed by atoms with Crippen molar-refractivity contribution in [3.63, 3.8) is 0 Å². The number of aliphatic carboxylic acids is 1. The molecule has 0 spiro atoms. The Morgan fingerprint density at radius 1 is 1.24 bits per heavy atom. The van der Waals surface area contributed by atoms with Gasteiger partial charge in [-0.25, -0.2) is 13.7 Å². The van der Waals surface area contributed by atoms with Gasteiger partial charge in [-0.15, -0.1) is 0 Å². The van der Waals surface area contributed by atoms with Gasteiger partial charge in [0.2, 0.25) is 0 Å². The van der Waals surface area contributed by atoms with Crippen LogP contribution in [0, 0.1) is 0 Å². The summed E-state index contributed by atoms with van der Waals surface area (Å²) in [5, 5.41) is 17.9. The zero-order valence-corrected chi connectivity index (χ0v) is 12.6. The highest BCUT2D eigenvalue weighted by molar-refractivity contribution is 7.84. The number of carboxylic acids is 1. The van der Waals surface area contributed by atoms with Crippen molar-refractivity contribution in [3.05, 3.63) is 29.8 Å². The molecule has 118 valence electrons. The van der Waals surface area contributed by atoms with E-state index in [1.54, 1.807) is 20.8 Å². The number of phenolic OH excluding ortho intramolecular Hbond substituents is 1. The van der Waals surface area contributed by atoms with Gasteiger partial charge in [-0.3, -0.25) is 0 Å². The summed E-state index contributed by atoms with van der Waals surface area (Å²) in [7, 11) is -1.89. The quantitative estimate of drug-likeness (QED) is 0.776. The molecule has 0 aliphatic heterocycles. The van der Waals surface area contributed by atoms with E-state index in [9.17, 15) is 22.9 Å². The molecule has 0 saturated heterocycles. The summed E-state index contributed by atoms with van der Waals surface area (Å²) in [6.45, 7) is 4.72. The third kappa shape index (κ3) is 4.21. The lowest BCUT2D eigenvalue weighted by Gasteiger charge is -2.28. The van der Waals surface area contributed by atoms with Gasteiger partial charge < -0.3 is 10.2 Å². The molecule has 0 fully saturated rings. The van der Waals surface area contributed by atoms with Crippen molar-refractivity contribution < 1.29 is 28.0 Å². The standard InChI is InChI=1S/C13H17F2NO4S/c1-12(2,3)21(20)16-10(13(14,15)11(18)19)8-4-6-9(17)7-5-8/h4-7,10,16-17H,1-3H3,(H,18,19)/t10-,21?/m1/s1. The maximum Gasteiger partial charge on any atom is 0.376 e. The van der Waals surface area contributed by atoms with Crippen molar-refractivity contribution in [2.75, 3.05) is 0 Å². The highest BCUT2D eigenvalue weighted by Crippen LogP contribution is 2.33. The van der Waals surface area contributed by atoms with Crippen LogP contribution in [0.5, 0.6) is 5.75 Å². The molecular formula is C13H17F2NO4S. The number of carbonyl (C=O) groups is 1. The lowest BCUT2D eigenvalue weighted by atomic mass is 10.0. The number of aromatic hydroxyl groups is 1. The lowest BCUT2D eigenvalue weighted by Crippen LogP contribution is -2.47. The summed E-state index contributed by atoms with van der Waals surface area (Å²) in [6, 6.07) is 2.65. The average Bonchev–Trinajstić information content (AvgIpc) is 2.35. The monoisotopic (exact) mass is 321 g/mol. The second-order valence-electron chi connectivity index (χ2n) is 5.45. The molecule has 5 nitrogen and oxygen atoms in total. The summed E-state index contributed by atoms with van der Waals surface area (Å²) < 4.78 is 41.1. The Morgan fingerprint density at radius 3 is 2.10 bits per heavy atom. The molecule has 1 rings (SSSR count). The van der Waals surface area contributed by atoms with Crippen LogP contribution in [0.4, 0.5) is 8.78 Å². The smallest absolute Gasteiger partial charge is 0.376 e. The Hall–Kier alpha value is -1.54. The number of nitrogens with one attached hydrogen (secondary N) is 1. The molecule has 1 unspecified atom stereocenters. The molecule has 0 saturated carbocycles. The summed E-state index contributed by atoms with van der Waals surface area (Å²) in [5.41, 5.74) is -0.0854. The normalized spacial score (nSPS) is 15.5. The van der Waals surface area contributed by atoms with Crippen LogP contribution in [-0.4, -0.2) is 31.1 Å². The molecule has 0 aliphatic carbocycles. The zero-order valence-electron chi connectivity index (χ0n) is 11.8. The van der Waals surface area contributed by atoms with E-state index in [1.807, 2.05) is 0 Å². The van der Waals surface area contributed by atoms with Crippen LogP contribution in [0.15, 0.2) is 24.3 Å². The van der Waals surface area contributed by atoms with E-state index in [0.717, 1.165) is 24.3 Å². The van der Waals surface area contributed by atoms with Crippen LogP contribution in [0.1, 0.15) is 32.4 Å². The van der Waals surface area contributed by atoms with Gasteiger partial charge in [0.1, 0.15) is 11.8 Å². The van der Waals surface area contributed by atoms with Gasteiger partial charge in [0.05, 0.1) is 15.7 Å². The third-order valence-corrected chi connectivity index (χ3v) is 4.22. The van der Waals surface area contributed by atoms with Crippen LogP contribution in [0.3, 0.4) is 0 Å². The van der Waals surface area contributed by atoms with E-state index in [-0.39, 0.29) is 11.3 Å². The fourth-order valence-electron chi connectivity index (χ4n) is 1.43. The molecule has 8 heteroatoms. The molecule has 0 heterocycles. The summed E-state index contributed by atoms with van der Waals surface area (Å²) in [5.74, 6) is -6.62. The second-order valence-corrected chi connectivity index (χ2v) is 7.45. The van der Waals surface area contributed by atoms with Crippen LogP contribution >= 0.6 is 0 Å². The third-order valence-electron chi connectivity index (χ3n) is 2.66. The number of alkyl halides is 2. The van der Waals surface area contributed by atoms with Crippen molar-refractivity contribution in [2.45, 2.75) is 37.5 Å². The van der Waals surface area contributed by atoms with Gasteiger partial charge >= 0.3 is 11.9 Å².